The molecule has 2 aromatic heterocycles. The highest BCUT2D eigenvalue weighted by molar-refractivity contribution is 7.10. The number of nitrogens with zero attached hydrogens (tertiary/aromatic N) is 2. The molecule has 124 valence electrons. The van der Waals surface area contributed by atoms with Crippen LogP contribution in [0.4, 0.5) is 0 Å². The van der Waals surface area contributed by atoms with Gasteiger partial charge in [0.15, 0.2) is 0 Å². The summed E-state index contributed by atoms with van der Waals surface area (Å²) in [5.74, 6) is 1.20. The Bertz CT molecular complexity index is 905. The van der Waals surface area contributed by atoms with Crippen LogP contribution in [0.2, 0.25) is 0 Å². The lowest BCUT2D eigenvalue weighted by molar-refractivity contribution is 0.363. The lowest BCUT2D eigenvalue weighted by Crippen LogP contribution is -2.21. The first-order valence-electron chi connectivity index (χ1n) is 8.10. The third-order valence-electron chi connectivity index (χ3n) is 3.92. The number of hydrogen-bond acceptors (Lipinski definition) is 5. The fraction of sp³-hybridized carbons (Fsp3) is 0.100. The van der Waals surface area contributed by atoms with Crippen molar-refractivity contribution in [2.45, 2.75) is 12.6 Å². The van der Waals surface area contributed by atoms with Gasteiger partial charge in [-0.1, -0.05) is 71.9 Å². The summed E-state index contributed by atoms with van der Waals surface area (Å²) in [7, 11) is 0. The molecule has 0 aliphatic carbocycles. The van der Waals surface area contributed by atoms with E-state index >= 15 is 0 Å². The molecule has 0 saturated heterocycles. The number of nitrogens with one attached hydrogen (secondary N) is 1. The molecule has 0 aliphatic rings. The van der Waals surface area contributed by atoms with E-state index in [9.17, 15) is 0 Å². The van der Waals surface area contributed by atoms with Crippen LogP contribution in [0.5, 0.6) is 0 Å². The molecule has 0 aliphatic heterocycles. The molecule has 0 amide bonds. The zero-order valence-corrected chi connectivity index (χ0v) is 14.3. The molecule has 2 aromatic carbocycles. The second kappa shape index (κ2) is 7.42. The van der Waals surface area contributed by atoms with Gasteiger partial charge in [-0.3, -0.25) is 5.32 Å². The fourth-order valence-electron chi connectivity index (χ4n) is 2.70. The molecule has 5 heteroatoms. The van der Waals surface area contributed by atoms with Gasteiger partial charge in [0, 0.05) is 10.4 Å². The minimum atomic E-state index is 0.105. The first-order chi connectivity index (χ1) is 12.4. The topological polar surface area (TPSA) is 51.0 Å². The third-order valence-corrected chi connectivity index (χ3v) is 4.86. The maximum absolute atomic E-state index is 5.40. The van der Waals surface area contributed by atoms with E-state index in [4.69, 9.17) is 4.52 Å². The Hall–Kier alpha value is -2.76. The Morgan fingerprint density at radius 3 is 2.40 bits per heavy atom. The maximum Gasteiger partial charge on any atom is 0.240 e. The summed E-state index contributed by atoms with van der Waals surface area (Å²) in [6.07, 6.45) is 0. The Balaban J connectivity index is 1.51. The highest BCUT2D eigenvalue weighted by Gasteiger charge is 2.16. The molecule has 4 rings (SSSR count). The van der Waals surface area contributed by atoms with Gasteiger partial charge in [-0.15, -0.1) is 11.3 Å². The molecular formula is C20H17N3OS. The van der Waals surface area contributed by atoms with Crippen molar-refractivity contribution in [2.75, 3.05) is 0 Å². The van der Waals surface area contributed by atoms with Gasteiger partial charge in [0.2, 0.25) is 11.7 Å². The normalized spacial score (nSPS) is 12.2. The van der Waals surface area contributed by atoms with Gasteiger partial charge >= 0.3 is 0 Å². The van der Waals surface area contributed by atoms with Crippen molar-refractivity contribution in [3.8, 4) is 11.4 Å². The first kappa shape index (κ1) is 15.7. The maximum atomic E-state index is 5.40. The fourth-order valence-corrected chi connectivity index (χ4v) is 3.53. The number of rotatable bonds is 6. The van der Waals surface area contributed by atoms with E-state index in [0.717, 1.165) is 5.56 Å². The minimum absolute atomic E-state index is 0.105. The number of thiophene rings is 1. The van der Waals surface area contributed by atoms with Gasteiger partial charge < -0.3 is 4.52 Å². The Morgan fingerprint density at radius 1 is 0.920 bits per heavy atom. The molecular weight excluding hydrogens is 330 g/mol. The van der Waals surface area contributed by atoms with Gasteiger partial charge in [0.1, 0.15) is 0 Å². The van der Waals surface area contributed by atoms with Crippen molar-refractivity contribution in [1.82, 2.24) is 15.5 Å². The average Bonchev–Trinajstić information content (AvgIpc) is 3.36. The molecule has 0 unspecified atom stereocenters. The van der Waals surface area contributed by atoms with Crippen LogP contribution < -0.4 is 5.32 Å². The Kier molecular flexibility index (Phi) is 4.68. The van der Waals surface area contributed by atoms with Gasteiger partial charge in [-0.25, -0.2) is 0 Å². The van der Waals surface area contributed by atoms with Gasteiger partial charge in [-0.2, -0.15) is 4.98 Å². The molecule has 2 heterocycles. The quantitative estimate of drug-likeness (QED) is 0.550. The zero-order valence-electron chi connectivity index (χ0n) is 13.5. The molecule has 0 bridgehead atoms. The van der Waals surface area contributed by atoms with Crippen molar-refractivity contribution in [2.24, 2.45) is 0 Å². The summed E-state index contributed by atoms with van der Waals surface area (Å²) in [5, 5.41) is 9.70. The molecule has 0 radical (unpaired) electrons. The SMILES string of the molecule is c1ccc(-c2noc(CN[C@@H](c3ccccc3)c3cccs3)n2)cc1. The number of benzene rings is 2. The van der Waals surface area contributed by atoms with Crippen LogP contribution in [-0.2, 0) is 6.54 Å². The summed E-state index contributed by atoms with van der Waals surface area (Å²) < 4.78 is 5.40. The molecule has 4 aromatic rings. The van der Waals surface area contributed by atoms with Crippen molar-refractivity contribution in [1.29, 1.82) is 0 Å². The van der Waals surface area contributed by atoms with Crippen molar-refractivity contribution >= 4 is 11.3 Å². The van der Waals surface area contributed by atoms with Crippen molar-refractivity contribution in [3.05, 3.63) is 94.5 Å². The summed E-state index contributed by atoms with van der Waals surface area (Å²) in [5.41, 5.74) is 2.17. The van der Waals surface area contributed by atoms with E-state index < -0.39 is 0 Å². The third kappa shape index (κ3) is 3.68. The highest BCUT2D eigenvalue weighted by Crippen LogP contribution is 2.26. The molecule has 25 heavy (non-hydrogen) atoms. The van der Waals surface area contributed by atoms with Crippen LogP contribution in [-0.4, -0.2) is 10.1 Å². The van der Waals surface area contributed by atoms with Crippen LogP contribution >= 0.6 is 11.3 Å². The molecule has 4 nitrogen and oxygen atoms in total. The molecule has 0 saturated carbocycles. The largest absolute Gasteiger partial charge is 0.338 e. The monoisotopic (exact) mass is 347 g/mol. The smallest absolute Gasteiger partial charge is 0.240 e. The van der Waals surface area contributed by atoms with Crippen LogP contribution in [0.15, 0.2) is 82.7 Å². The van der Waals surface area contributed by atoms with Crippen LogP contribution in [0.25, 0.3) is 11.4 Å². The van der Waals surface area contributed by atoms with Crippen LogP contribution in [0.1, 0.15) is 22.4 Å². The van der Waals surface area contributed by atoms with Gasteiger partial charge in [0.05, 0.1) is 12.6 Å². The number of hydrogen-bond donors (Lipinski definition) is 1. The minimum Gasteiger partial charge on any atom is -0.338 e. The van der Waals surface area contributed by atoms with E-state index in [1.165, 1.54) is 10.4 Å². The van der Waals surface area contributed by atoms with Gasteiger partial charge in [0.25, 0.3) is 0 Å². The summed E-state index contributed by atoms with van der Waals surface area (Å²) in [6, 6.07) is 24.5. The number of aromatic nitrogens is 2. The second-order valence-corrected chi connectivity index (χ2v) is 6.60. The van der Waals surface area contributed by atoms with Crippen LogP contribution in [0.3, 0.4) is 0 Å². The lowest BCUT2D eigenvalue weighted by atomic mass is 10.1. The molecule has 0 spiro atoms. The van der Waals surface area contributed by atoms with Gasteiger partial charge in [-0.05, 0) is 17.0 Å². The summed E-state index contributed by atoms with van der Waals surface area (Å²) in [4.78, 5) is 5.75. The lowest BCUT2D eigenvalue weighted by Gasteiger charge is -2.16. The predicted octanol–water partition coefficient (Wildman–Crippen LogP) is 4.68. The molecule has 1 N–H and O–H groups in total. The highest BCUT2D eigenvalue weighted by atomic mass is 32.1. The zero-order chi connectivity index (χ0) is 16.9. The average molecular weight is 347 g/mol. The van der Waals surface area contributed by atoms with Crippen LogP contribution in [0, 0.1) is 0 Å². The second-order valence-electron chi connectivity index (χ2n) is 5.62. The summed E-state index contributed by atoms with van der Waals surface area (Å²) >= 11 is 1.73. The summed E-state index contributed by atoms with van der Waals surface area (Å²) in [6.45, 7) is 0.511. The predicted molar refractivity (Wildman–Crippen MR) is 99.2 cm³/mol. The van der Waals surface area contributed by atoms with E-state index in [1.54, 1.807) is 11.3 Å². The van der Waals surface area contributed by atoms with Crippen molar-refractivity contribution in [3.63, 3.8) is 0 Å². The van der Waals surface area contributed by atoms with Crippen molar-refractivity contribution < 1.29 is 4.52 Å². The Labute approximate surface area is 150 Å². The molecule has 0 fully saturated rings. The molecule has 1 atom stereocenters. The van der Waals surface area contributed by atoms with E-state index in [-0.39, 0.29) is 6.04 Å². The first-order valence-corrected chi connectivity index (χ1v) is 8.98. The van der Waals surface area contributed by atoms with E-state index in [1.807, 2.05) is 36.4 Å². The standard InChI is InChI=1S/C20H17N3OS/c1-3-8-15(9-4-1)19(17-12-7-13-25-17)21-14-18-22-20(23-24-18)16-10-5-2-6-11-16/h1-13,19,21H,14H2/t19-/m0/s1. The van der Waals surface area contributed by atoms with E-state index in [2.05, 4.69) is 57.2 Å². The van der Waals surface area contributed by atoms with E-state index in [0.29, 0.717) is 18.3 Å². The Morgan fingerprint density at radius 2 is 1.68 bits per heavy atom.